The molecular formula is C10H10N2O3. The lowest BCUT2D eigenvalue weighted by atomic mass is 10.3. The van der Waals surface area contributed by atoms with Crippen molar-refractivity contribution in [3.05, 3.63) is 30.8 Å². The van der Waals surface area contributed by atoms with Crippen molar-refractivity contribution in [2.45, 2.75) is 6.42 Å². The van der Waals surface area contributed by atoms with Gasteiger partial charge in [0.2, 0.25) is 0 Å². The van der Waals surface area contributed by atoms with Crippen molar-refractivity contribution < 1.29 is 14.6 Å². The molecule has 0 bridgehead atoms. The molecule has 0 amide bonds. The first kappa shape index (κ1) is 9.51. The number of aromatic nitrogens is 1. The van der Waals surface area contributed by atoms with Gasteiger partial charge in [-0.1, -0.05) is 0 Å². The molecule has 0 fully saturated rings. The van der Waals surface area contributed by atoms with Crippen LogP contribution >= 0.6 is 0 Å². The highest BCUT2D eigenvalue weighted by molar-refractivity contribution is 5.68. The van der Waals surface area contributed by atoms with Crippen molar-refractivity contribution in [2.75, 3.05) is 11.4 Å². The highest BCUT2D eigenvalue weighted by Crippen LogP contribution is 2.28. The van der Waals surface area contributed by atoms with E-state index in [9.17, 15) is 4.79 Å². The molecule has 1 aromatic heterocycles. The van der Waals surface area contributed by atoms with E-state index in [0.29, 0.717) is 18.1 Å². The predicted molar refractivity (Wildman–Crippen MR) is 53.6 cm³/mol. The van der Waals surface area contributed by atoms with Crippen LogP contribution in [0.25, 0.3) is 0 Å². The first-order valence-corrected chi connectivity index (χ1v) is 4.54. The highest BCUT2D eigenvalue weighted by Gasteiger charge is 2.15. The Hall–Kier alpha value is -2.04. The number of hydrogen-bond donors (Lipinski definition) is 1. The largest absolute Gasteiger partial charge is 0.481 e. The first-order chi connectivity index (χ1) is 7.27. The fourth-order valence-corrected chi connectivity index (χ4v) is 1.33. The summed E-state index contributed by atoms with van der Waals surface area (Å²) in [5.74, 6) is 0.471. The molecule has 0 radical (unpaired) electrons. The van der Waals surface area contributed by atoms with Crippen LogP contribution in [0.2, 0.25) is 0 Å². The van der Waals surface area contributed by atoms with Gasteiger partial charge in [0.15, 0.2) is 11.6 Å². The maximum Gasteiger partial charge on any atom is 0.305 e. The van der Waals surface area contributed by atoms with Crippen LogP contribution in [0.4, 0.5) is 5.82 Å². The van der Waals surface area contributed by atoms with Crippen molar-refractivity contribution in [3.8, 4) is 5.75 Å². The number of anilines is 1. The Morgan fingerprint density at radius 2 is 2.47 bits per heavy atom. The Morgan fingerprint density at radius 1 is 1.60 bits per heavy atom. The summed E-state index contributed by atoms with van der Waals surface area (Å²) in [7, 11) is 0. The van der Waals surface area contributed by atoms with Crippen LogP contribution in [0, 0.1) is 0 Å². The lowest BCUT2D eigenvalue weighted by Crippen LogP contribution is -2.23. The summed E-state index contributed by atoms with van der Waals surface area (Å²) in [6.07, 6.45) is 4.92. The molecule has 1 aliphatic rings. The molecule has 0 atom stereocenters. The summed E-state index contributed by atoms with van der Waals surface area (Å²) in [6.45, 7) is 0.388. The fraction of sp³-hybridized carbons (Fsp3) is 0.200. The minimum absolute atomic E-state index is 0.0698. The molecule has 1 N–H and O–H groups in total. The Labute approximate surface area is 86.6 Å². The van der Waals surface area contributed by atoms with Gasteiger partial charge in [0.25, 0.3) is 0 Å². The number of fused-ring (bicyclic) bond motifs is 1. The summed E-state index contributed by atoms with van der Waals surface area (Å²) in [5, 5.41) is 8.59. The van der Waals surface area contributed by atoms with E-state index >= 15 is 0 Å². The van der Waals surface area contributed by atoms with E-state index in [1.54, 1.807) is 29.4 Å². The topological polar surface area (TPSA) is 62.7 Å². The second kappa shape index (κ2) is 4.00. The molecule has 0 saturated carbocycles. The fourth-order valence-electron chi connectivity index (χ4n) is 1.33. The third-order valence-corrected chi connectivity index (χ3v) is 2.03. The third kappa shape index (κ3) is 2.07. The molecule has 2 rings (SSSR count). The molecule has 1 aromatic rings. The minimum atomic E-state index is -0.827. The number of aliphatic carboxylic acids is 1. The number of hydrogen-bond acceptors (Lipinski definition) is 4. The van der Waals surface area contributed by atoms with Crippen LogP contribution in [0.15, 0.2) is 30.8 Å². The van der Waals surface area contributed by atoms with Gasteiger partial charge < -0.3 is 14.7 Å². The van der Waals surface area contributed by atoms with E-state index in [1.165, 1.54) is 6.26 Å². The van der Waals surface area contributed by atoms with Gasteiger partial charge >= 0.3 is 5.97 Å². The van der Waals surface area contributed by atoms with Crippen LogP contribution in [0.5, 0.6) is 5.75 Å². The lowest BCUT2D eigenvalue weighted by molar-refractivity contribution is -0.136. The van der Waals surface area contributed by atoms with Gasteiger partial charge in [0.1, 0.15) is 6.26 Å². The van der Waals surface area contributed by atoms with Crippen molar-refractivity contribution >= 4 is 11.8 Å². The Bertz CT molecular complexity index is 403. The summed E-state index contributed by atoms with van der Waals surface area (Å²) in [5.41, 5.74) is 0. The molecule has 0 saturated heterocycles. The SMILES string of the molecule is O=C(O)CCN1C=COc2cccnc21. The Balaban J connectivity index is 2.15. The average molecular weight is 206 g/mol. The highest BCUT2D eigenvalue weighted by atomic mass is 16.5. The molecule has 78 valence electrons. The van der Waals surface area contributed by atoms with Crippen LogP contribution < -0.4 is 9.64 Å². The first-order valence-electron chi connectivity index (χ1n) is 4.54. The smallest absolute Gasteiger partial charge is 0.305 e. The molecule has 2 heterocycles. The van der Waals surface area contributed by atoms with Gasteiger partial charge in [-0.15, -0.1) is 0 Å². The maximum absolute atomic E-state index is 10.5. The standard InChI is InChI=1S/C10H10N2O3/c13-9(14)3-5-12-6-7-15-8-2-1-4-11-10(8)12/h1-2,4,6-7H,3,5H2,(H,13,14). The van der Waals surface area contributed by atoms with Crippen molar-refractivity contribution in [1.82, 2.24) is 4.98 Å². The zero-order valence-corrected chi connectivity index (χ0v) is 7.96. The number of rotatable bonds is 3. The summed E-state index contributed by atoms with van der Waals surface area (Å²) >= 11 is 0. The van der Waals surface area contributed by atoms with Crippen LogP contribution in [-0.4, -0.2) is 22.6 Å². The van der Waals surface area contributed by atoms with Gasteiger partial charge in [-0.25, -0.2) is 4.98 Å². The number of carboxylic acid groups (broad SMARTS) is 1. The van der Waals surface area contributed by atoms with Crippen LogP contribution in [-0.2, 0) is 4.79 Å². The molecule has 1 aliphatic heterocycles. The second-order valence-corrected chi connectivity index (χ2v) is 3.07. The van der Waals surface area contributed by atoms with Crippen LogP contribution in [0.1, 0.15) is 6.42 Å². The molecule has 0 spiro atoms. The van der Waals surface area contributed by atoms with E-state index in [2.05, 4.69) is 4.98 Å². The van der Waals surface area contributed by atoms with Gasteiger partial charge in [-0.2, -0.15) is 0 Å². The molecule has 5 heteroatoms. The number of ether oxygens (including phenoxy) is 1. The summed E-state index contributed by atoms with van der Waals surface area (Å²) in [6, 6.07) is 3.56. The lowest BCUT2D eigenvalue weighted by Gasteiger charge is -2.23. The van der Waals surface area contributed by atoms with Crippen molar-refractivity contribution in [3.63, 3.8) is 0 Å². The normalized spacial score (nSPS) is 13.2. The molecule has 0 unspecified atom stereocenters. The summed E-state index contributed by atoms with van der Waals surface area (Å²) < 4.78 is 5.23. The molecular weight excluding hydrogens is 196 g/mol. The average Bonchev–Trinajstić information content (AvgIpc) is 2.26. The zero-order chi connectivity index (χ0) is 10.7. The Kier molecular flexibility index (Phi) is 2.53. The number of carboxylic acids is 1. The minimum Gasteiger partial charge on any atom is -0.481 e. The van der Waals surface area contributed by atoms with E-state index in [0.717, 1.165) is 0 Å². The van der Waals surface area contributed by atoms with Gasteiger partial charge in [0.05, 0.1) is 6.42 Å². The zero-order valence-electron chi connectivity index (χ0n) is 7.96. The number of carbonyl (C=O) groups is 1. The molecule has 15 heavy (non-hydrogen) atoms. The van der Waals surface area contributed by atoms with Crippen molar-refractivity contribution in [1.29, 1.82) is 0 Å². The number of pyridine rings is 1. The van der Waals surface area contributed by atoms with Gasteiger partial charge in [0, 0.05) is 18.9 Å². The molecule has 5 nitrogen and oxygen atoms in total. The van der Waals surface area contributed by atoms with E-state index in [4.69, 9.17) is 9.84 Å². The van der Waals surface area contributed by atoms with E-state index < -0.39 is 5.97 Å². The quantitative estimate of drug-likeness (QED) is 0.805. The third-order valence-electron chi connectivity index (χ3n) is 2.03. The summed E-state index contributed by atoms with van der Waals surface area (Å²) in [4.78, 5) is 16.3. The van der Waals surface area contributed by atoms with Crippen LogP contribution in [0.3, 0.4) is 0 Å². The van der Waals surface area contributed by atoms with Crippen molar-refractivity contribution in [2.24, 2.45) is 0 Å². The number of nitrogens with zero attached hydrogens (tertiary/aromatic N) is 2. The maximum atomic E-state index is 10.5. The predicted octanol–water partition coefficient (Wildman–Crippen LogP) is 1.23. The molecule has 0 aromatic carbocycles. The monoisotopic (exact) mass is 206 g/mol. The molecule has 0 aliphatic carbocycles. The van der Waals surface area contributed by atoms with E-state index in [-0.39, 0.29) is 6.42 Å². The van der Waals surface area contributed by atoms with E-state index in [1.807, 2.05) is 0 Å². The van der Waals surface area contributed by atoms with Gasteiger partial charge in [-0.05, 0) is 12.1 Å². The Morgan fingerprint density at radius 3 is 3.27 bits per heavy atom. The van der Waals surface area contributed by atoms with Gasteiger partial charge in [-0.3, -0.25) is 4.79 Å². The second-order valence-electron chi connectivity index (χ2n) is 3.07.